The summed E-state index contributed by atoms with van der Waals surface area (Å²) >= 11 is 0. The van der Waals surface area contributed by atoms with E-state index in [2.05, 4.69) is 50.6 Å². The van der Waals surface area contributed by atoms with Gasteiger partial charge in [0, 0.05) is 12.6 Å². The summed E-state index contributed by atoms with van der Waals surface area (Å²) in [5, 5.41) is 0. The van der Waals surface area contributed by atoms with E-state index in [1.165, 1.54) is 5.56 Å². The summed E-state index contributed by atoms with van der Waals surface area (Å²) in [5.74, 6) is 0. The zero-order chi connectivity index (χ0) is 11.3. The summed E-state index contributed by atoms with van der Waals surface area (Å²) < 4.78 is 0. The Bertz CT molecular complexity index is 317. The number of hydrogen-bond acceptors (Lipinski definition) is 1. The second-order valence-corrected chi connectivity index (χ2v) is 3.97. The SMILES string of the molecule is C=CCCN(C)C(C)c1cc#cc(C)c1. The molecule has 1 aromatic rings. The van der Waals surface area contributed by atoms with Crippen molar-refractivity contribution in [1.29, 1.82) is 0 Å². The molecule has 0 N–H and O–H groups in total. The fourth-order valence-electron chi connectivity index (χ4n) is 1.55. The highest BCUT2D eigenvalue weighted by Crippen LogP contribution is 2.18. The average Bonchev–Trinajstić information content (AvgIpc) is 2.24. The highest BCUT2D eigenvalue weighted by Gasteiger charge is 2.10. The van der Waals surface area contributed by atoms with Crippen molar-refractivity contribution in [2.45, 2.75) is 26.3 Å². The molecule has 0 radical (unpaired) electrons. The van der Waals surface area contributed by atoms with Crippen molar-refractivity contribution in [3.8, 4) is 0 Å². The van der Waals surface area contributed by atoms with E-state index in [1.54, 1.807) is 0 Å². The molecule has 0 amide bonds. The summed E-state index contributed by atoms with van der Waals surface area (Å²) in [5.41, 5.74) is 2.45. The van der Waals surface area contributed by atoms with Crippen LogP contribution in [0.1, 0.15) is 30.5 Å². The Morgan fingerprint density at radius 1 is 1.60 bits per heavy atom. The first kappa shape index (κ1) is 11.8. The minimum absolute atomic E-state index is 0.425. The molecule has 0 aromatic heterocycles. The molecular weight excluding hydrogens is 182 g/mol. The summed E-state index contributed by atoms with van der Waals surface area (Å²) in [7, 11) is 2.14. The predicted octanol–water partition coefficient (Wildman–Crippen LogP) is 3.16. The lowest BCUT2D eigenvalue weighted by atomic mass is 10.1. The fraction of sp³-hybridized carbons (Fsp3) is 0.429. The van der Waals surface area contributed by atoms with Gasteiger partial charge in [-0.2, -0.15) is 0 Å². The largest absolute Gasteiger partial charge is 0.299 e. The summed E-state index contributed by atoms with van der Waals surface area (Å²) in [4.78, 5) is 2.32. The number of nitrogens with zero attached hydrogens (tertiary/aromatic N) is 1. The van der Waals surface area contributed by atoms with Crippen LogP contribution in [0.15, 0.2) is 24.8 Å². The molecule has 0 aliphatic carbocycles. The number of rotatable bonds is 5. The maximum atomic E-state index is 3.74. The molecule has 0 spiro atoms. The highest BCUT2D eigenvalue weighted by atomic mass is 15.1. The topological polar surface area (TPSA) is 3.24 Å². The zero-order valence-corrected chi connectivity index (χ0v) is 9.88. The Morgan fingerprint density at radius 2 is 2.33 bits per heavy atom. The van der Waals surface area contributed by atoms with Crippen LogP contribution in [-0.2, 0) is 0 Å². The van der Waals surface area contributed by atoms with Crippen LogP contribution in [0.3, 0.4) is 0 Å². The van der Waals surface area contributed by atoms with Gasteiger partial charge >= 0.3 is 0 Å². The third kappa shape index (κ3) is 3.42. The molecule has 1 heteroatoms. The van der Waals surface area contributed by atoms with Gasteiger partial charge in [0.1, 0.15) is 0 Å². The highest BCUT2D eigenvalue weighted by molar-refractivity contribution is 5.20. The van der Waals surface area contributed by atoms with Crippen LogP contribution in [0.5, 0.6) is 0 Å². The van der Waals surface area contributed by atoms with E-state index >= 15 is 0 Å². The van der Waals surface area contributed by atoms with Crippen molar-refractivity contribution in [3.63, 3.8) is 0 Å². The van der Waals surface area contributed by atoms with E-state index in [0.717, 1.165) is 18.5 Å². The Labute approximate surface area is 93.4 Å². The van der Waals surface area contributed by atoms with Crippen LogP contribution in [-0.4, -0.2) is 18.5 Å². The molecule has 1 aromatic carbocycles. The lowest BCUT2D eigenvalue weighted by Gasteiger charge is -2.24. The van der Waals surface area contributed by atoms with Gasteiger partial charge in [-0.1, -0.05) is 18.2 Å². The van der Waals surface area contributed by atoms with E-state index < -0.39 is 0 Å². The van der Waals surface area contributed by atoms with E-state index in [1.807, 2.05) is 12.1 Å². The smallest absolute Gasteiger partial charge is 0.0323 e. The molecule has 80 valence electrons. The molecular formula is C14H19N. The van der Waals surface area contributed by atoms with Gasteiger partial charge in [-0.3, -0.25) is 4.90 Å². The molecule has 0 fully saturated rings. The molecule has 0 heterocycles. The van der Waals surface area contributed by atoms with Gasteiger partial charge in [0.25, 0.3) is 0 Å². The standard InChI is InChI=1S/C14H19N/c1-5-6-10-15(4)13(3)14-9-7-8-12(2)11-14/h5,9,11,13H,1,6,10H2,2-4H3. The quantitative estimate of drug-likeness (QED) is 0.661. The third-order valence-electron chi connectivity index (χ3n) is 2.72. The van der Waals surface area contributed by atoms with Gasteiger partial charge in [-0.05, 0) is 50.6 Å². The summed E-state index contributed by atoms with van der Waals surface area (Å²) in [6, 6.07) is 10.7. The van der Waals surface area contributed by atoms with Gasteiger partial charge in [0.2, 0.25) is 0 Å². The van der Waals surface area contributed by atoms with Gasteiger partial charge < -0.3 is 0 Å². The van der Waals surface area contributed by atoms with E-state index in [4.69, 9.17) is 0 Å². The van der Waals surface area contributed by atoms with E-state index in [-0.39, 0.29) is 0 Å². The Balaban J connectivity index is 2.66. The van der Waals surface area contributed by atoms with E-state index in [0.29, 0.717) is 6.04 Å². The average molecular weight is 201 g/mol. The van der Waals surface area contributed by atoms with Gasteiger partial charge in [-0.25, -0.2) is 0 Å². The maximum Gasteiger partial charge on any atom is 0.0323 e. The predicted molar refractivity (Wildman–Crippen MR) is 64.7 cm³/mol. The summed E-state index contributed by atoms with van der Waals surface area (Å²) in [6.45, 7) is 9.05. The van der Waals surface area contributed by atoms with Crippen LogP contribution >= 0.6 is 0 Å². The van der Waals surface area contributed by atoms with Crippen molar-refractivity contribution in [3.05, 3.63) is 48.0 Å². The second kappa shape index (κ2) is 5.58. The van der Waals surface area contributed by atoms with Gasteiger partial charge in [0.15, 0.2) is 0 Å². The molecule has 1 rings (SSSR count). The molecule has 15 heavy (non-hydrogen) atoms. The lowest BCUT2D eigenvalue weighted by Crippen LogP contribution is -2.23. The minimum Gasteiger partial charge on any atom is -0.299 e. The van der Waals surface area contributed by atoms with Gasteiger partial charge in [-0.15, -0.1) is 6.58 Å². The normalized spacial score (nSPS) is 12.3. The number of hydrogen-bond donors (Lipinski definition) is 0. The molecule has 0 aliphatic heterocycles. The number of aryl methyl sites for hydroxylation is 1. The Hall–Kier alpha value is -1.26. The van der Waals surface area contributed by atoms with Crippen molar-refractivity contribution < 1.29 is 0 Å². The second-order valence-electron chi connectivity index (χ2n) is 3.97. The Kier molecular flexibility index (Phi) is 4.39. The molecule has 0 saturated heterocycles. The van der Waals surface area contributed by atoms with E-state index in [9.17, 15) is 0 Å². The first-order valence-electron chi connectivity index (χ1n) is 5.36. The first-order chi connectivity index (χ1) is 7.15. The third-order valence-corrected chi connectivity index (χ3v) is 2.72. The zero-order valence-electron chi connectivity index (χ0n) is 9.88. The molecule has 1 unspecified atom stereocenters. The van der Waals surface area contributed by atoms with Crippen LogP contribution in [0, 0.1) is 19.1 Å². The molecule has 0 saturated carbocycles. The van der Waals surface area contributed by atoms with Crippen molar-refractivity contribution in [1.82, 2.24) is 4.90 Å². The van der Waals surface area contributed by atoms with Crippen LogP contribution in [0.25, 0.3) is 0 Å². The monoisotopic (exact) mass is 201 g/mol. The van der Waals surface area contributed by atoms with Crippen LogP contribution in [0.2, 0.25) is 0 Å². The van der Waals surface area contributed by atoms with Gasteiger partial charge in [0.05, 0.1) is 0 Å². The summed E-state index contributed by atoms with van der Waals surface area (Å²) in [6.07, 6.45) is 2.99. The molecule has 0 aliphatic rings. The fourth-order valence-corrected chi connectivity index (χ4v) is 1.55. The molecule has 1 atom stereocenters. The molecule has 1 nitrogen and oxygen atoms in total. The Morgan fingerprint density at radius 3 is 2.93 bits per heavy atom. The maximum absolute atomic E-state index is 3.74. The van der Waals surface area contributed by atoms with Crippen molar-refractivity contribution in [2.24, 2.45) is 0 Å². The lowest BCUT2D eigenvalue weighted by molar-refractivity contribution is 0.266. The first-order valence-corrected chi connectivity index (χ1v) is 5.36. The van der Waals surface area contributed by atoms with Crippen molar-refractivity contribution >= 4 is 0 Å². The molecule has 0 bridgehead atoms. The van der Waals surface area contributed by atoms with Crippen LogP contribution in [0.4, 0.5) is 0 Å². The van der Waals surface area contributed by atoms with Crippen molar-refractivity contribution in [2.75, 3.05) is 13.6 Å². The minimum atomic E-state index is 0.425. The van der Waals surface area contributed by atoms with Crippen LogP contribution < -0.4 is 0 Å².